The first-order valence-corrected chi connectivity index (χ1v) is 5.83. The Kier molecular flexibility index (Phi) is 7.01. The lowest BCUT2D eigenvalue weighted by molar-refractivity contribution is -0.115. The van der Waals surface area contributed by atoms with Crippen molar-refractivity contribution in [3.05, 3.63) is 30.3 Å². The topological polar surface area (TPSA) is 59.6 Å². The molecule has 0 heterocycles. The normalized spacial score (nSPS) is 12.1. The minimum Gasteiger partial charge on any atom is -0.382 e. The van der Waals surface area contributed by atoms with E-state index in [2.05, 4.69) is 10.6 Å². The first-order chi connectivity index (χ1) is 8.76. The molecular formula is C13H20N2O3. The zero-order chi connectivity index (χ0) is 13.2. The Labute approximate surface area is 107 Å². The number of methoxy groups -OCH3 is 2. The number of hydrogen-bond donors (Lipinski definition) is 2. The molecule has 0 bridgehead atoms. The van der Waals surface area contributed by atoms with Gasteiger partial charge in [-0.2, -0.15) is 0 Å². The summed E-state index contributed by atoms with van der Waals surface area (Å²) >= 11 is 0. The van der Waals surface area contributed by atoms with E-state index in [4.69, 9.17) is 9.47 Å². The van der Waals surface area contributed by atoms with Crippen molar-refractivity contribution in [1.82, 2.24) is 5.32 Å². The molecule has 0 aliphatic heterocycles. The molecule has 0 fully saturated rings. The number of carbonyl (C=O) groups excluding carboxylic acids is 1. The second-order valence-corrected chi connectivity index (χ2v) is 3.86. The van der Waals surface area contributed by atoms with Gasteiger partial charge in [0.15, 0.2) is 0 Å². The van der Waals surface area contributed by atoms with Crippen molar-refractivity contribution in [1.29, 1.82) is 0 Å². The highest BCUT2D eigenvalue weighted by molar-refractivity contribution is 5.92. The van der Waals surface area contributed by atoms with Gasteiger partial charge in [0.1, 0.15) is 0 Å². The number of nitrogens with one attached hydrogen (secondary N) is 2. The van der Waals surface area contributed by atoms with Crippen LogP contribution in [0.2, 0.25) is 0 Å². The highest BCUT2D eigenvalue weighted by Crippen LogP contribution is 2.03. The SMILES string of the molecule is COCC(CNCC(=O)Nc1ccccc1)OC. The van der Waals surface area contributed by atoms with E-state index in [0.717, 1.165) is 5.69 Å². The number of ether oxygens (including phenoxy) is 2. The third kappa shape index (κ3) is 5.77. The second-order valence-electron chi connectivity index (χ2n) is 3.86. The third-order valence-electron chi connectivity index (χ3n) is 2.40. The molecule has 0 aromatic heterocycles. The molecule has 1 aromatic carbocycles. The van der Waals surface area contributed by atoms with Gasteiger partial charge in [-0.05, 0) is 12.1 Å². The number of anilines is 1. The van der Waals surface area contributed by atoms with E-state index < -0.39 is 0 Å². The number of rotatable bonds is 8. The van der Waals surface area contributed by atoms with Gasteiger partial charge in [0.2, 0.25) is 5.91 Å². The van der Waals surface area contributed by atoms with Crippen molar-refractivity contribution >= 4 is 11.6 Å². The third-order valence-corrected chi connectivity index (χ3v) is 2.40. The molecular weight excluding hydrogens is 232 g/mol. The predicted molar refractivity (Wildman–Crippen MR) is 70.6 cm³/mol. The fourth-order valence-electron chi connectivity index (χ4n) is 1.47. The molecule has 1 atom stereocenters. The molecule has 1 unspecified atom stereocenters. The Bertz CT molecular complexity index is 343. The largest absolute Gasteiger partial charge is 0.382 e. The number of benzene rings is 1. The maximum atomic E-state index is 11.6. The standard InChI is InChI=1S/C13H20N2O3/c1-17-10-12(18-2)8-14-9-13(16)15-11-6-4-3-5-7-11/h3-7,12,14H,8-10H2,1-2H3,(H,15,16). The van der Waals surface area contributed by atoms with E-state index in [9.17, 15) is 4.79 Å². The Morgan fingerprint density at radius 3 is 2.61 bits per heavy atom. The van der Waals surface area contributed by atoms with Gasteiger partial charge in [0.25, 0.3) is 0 Å². The highest BCUT2D eigenvalue weighted by Gasteiger charge is 2.07. The summed E-state index contributed by atoms with van der Waals surface area (Å²) < 4.78 is 10.2. The van der Waals surface area contributed by atoms with Crippen LogP contribution in [0.25, 0.3) is 0 Å². The van der Waals surface area contributed by atoms with E-state index in [0.29, 0.717) is 13.2 Å². The van der Waals surface area contributed by atoms with Gasteiger partial charge in [0, 0.05) is 26.5 Å². The quantitative estimate of drug-likeness (QED) is 0.721. The molecule has 0 aliphatic rings. The van der Waals surface area contributed by atoms with E-state index in [-0.39, 0.29) is 18.6 Å². The Morgan fingerprint density at radius 1 is 1.28 bits per heavy atom. The van der Waals surface area contributed by atoms with Crippen LogP contribution in [-0.2, 0) is 14.3 Å². The molecule has 1 rings (SSSR count). The maximum absolute atomic E-state index is 11.6. The summed E-state index contributed by atoms with van der Waals surface area (Å²) in [7, 11) is 3.24. The van der Waals surface area contributed by atoms with Crippen LogP contribution in [0.1, 0.15) is 0 Å². The fourth-order valence-corrected chi connectivity index (χ4v) is 1.47. The first-order valence-electron chi connectivity index (χ1n) is 5.83. The zero-order valence-corrected chi connectivity index (χ0v) is 10.8. The van der Waals surface area contributed by atoms with Crippen molar-refractivity contribution in [3.63, 3.8) is 0 Å². The summed E-state index contributed by atoms with van der Waals surface area (Å²) in [4.78, 5) is 11.6. The number of amides is 1. The maximum Gasteiger partial charge on any atom is 0.238 e. The van der Waals surface area contributed by atoms with Crippen molar-refractivity contribution in [2.24, 2.45) is 0 Å². The molecule has 0 saturated carbocycles. The summed E-state index contributed by atoms with van der Waals surface area (Å²) in [5.74, 6) is -0.0755. The Balaban J connectivity index is 2.21. The average Bonchev–Trinajstić information content (AvgIpc) is 2.39. The van der Waals surface area contributed by atoms with Gasteiger partial charge < -0.3 is 20.1 Å². The van der Waals surface area contributed by atoms with Crippen molar-refractivity contribution in [3.8, 4) is 0 Å². The van der Waals surface area contributed by atoms with Gasteiger partial charge >= 0.3 is 0 Å². The molecule has 5 nitrogen and oxygen atoms in total. The molecule has 18 heavy (non-hydrogen) atoms. The van der Waals surface area contributed by atoms with Gasteiger partial charge in [-0.15, -0.1) is 0 Å². The van der Waals surface area contributed by atoms with Crippen LogP contribution in [0.4, 0.5) is 5.69 Å². The van der Waals surface area contributed by atoms with Crippen LogP contribution in [0.15, 0.2) is 30.3 Å². The molecule has 0 radical (unpaired) electrons. The lowest BCUT2D eigenvalue weighted by Crippen LogP contribution is -2.36. The fraction of sp³-hybridized carbons (Fsp3) is 0.462. The van der Waals surface area contributed by atoms with Crippen LogP contribution < -0.4 is 10.6 Å². The minimum atomic E-state index is -0.0755. The summed E-state index contributed by atoms with van der Waals surface area (Å²) in [6.45, 7) is 1.33. The van der Waals surface area contributed by atoms with Crippen LogP contribution in [-0.4, -0.2) is 45.9 Å². The second kappa shape index (κ2) is 8.63. The lowest BCUT2D eigenvalue weighted by atomic mass is 10.3. The average molecular weight is 252 g/mol. The van der Waals surface area contributed by atoms with E-state index in [1.165, 1.54) is 0 Å². The van der Waals surface area contributed by atoms with Crippen molar-refractivity contribution < 1.29 is 14.3 Å². The zero-order valence-electron chi connectivity index (χ0n) is 10.8. The van der Waals surface area contributed by atoms with E-state index in [1.807, 2.05) is 30.3 Å². The molecule has 0 aliphatic carbocycles. The molecule has 1 aromatic rings. The number of para-hydroxylation sites is 1. The summed E-state index contributed by atoms with van der Waals surface area (Å²) in [6, 6.07) is 9.36. The summed E-state index contributed by atoms with van der Waals surface area (Å²) in [6.07, 6.45) is -0.0421. The molecule has 2 N–H and O–H groups in total. The van der Waals surface area contributed by atoms with Gasteiger partial charge in [-0.3, -0.25) is 4.79 Å². The first kappa shape index (κ1) is 14.6. The Hall–Kier alpha value is -1.43. The smallest absolute Gasteiger partial charge is 0.238 e. The van der Waals surface area contributed by atoms with Gasteiger partial charge in [-0.25, -0.2) is 0 Å². The molecule has 100 valence electrons. The van der Waals surface area contributed by atoms with Crippen LogP contribution in [0, 0.1) is 0 Å². The predicted octanol–water partition coefficient (Wildman–Crippen LogP) is 0.876. The molecule has 0 saturated heterocycles. The highest BCUT2D eigenvalue weighted by atomic mass is 16.5. The summed E-state index contributed by atoms with van der Waals surface area (Å²) in [5.41, 5.74) is 0.796. The molecule has 0 spiro atoms. The van der Waals surface area contributed by atoms with Crippen LogP contribution in [0.5, 0.6) is 0 Å². The summed E-state index contributed by atoms with van der Waals surface area (Å²) in [5, 5.41) is 5.82. The lowest BCUT2D eigenvalue weighted by Gasteiger charge is -2.14. The van der Waals surface area contributed by atoms with Crippen LogP contribution >= 0.6 is 0 Å². The molecule has 5 heteroatoms. The van der Waals surface area contributed by atoms with E-state index in [1.54, 1.807) is 14.2 Å². The minimum absolute atomic E-state index is 0.0421. The Morgan fingerprint density at radius 2 is 2.00 bits per heavy atom. The van der Waals surface area contributed by atoms with Crippen molar-refractivity contribution in [2.45, 2.75) is 6.10 Å². The number of hydrogen-bond acceptors (Lipinski definition) is 4. The van der Waals surface area contributed by atoms with Crippen molar-refractivity contribution in [2.75, 3.05) is 39.2 Å². The molecule has 1 amide bonds. The monoisotopic (exact) mass is 252 g/mol. The van der Waals surface area contributed by atoms with Gasteiger partial charge in [-0.1, -0.05) is 18.2 Å². The van der Waals surface area contributed by atoms with E-state index >= 15 is 0 Å². The van der Waals surface area contributed by atoms with Gasteiger partial charge in [0.05, 0.1) is 19.3 Å². The number of carbonyl (C=O) groups is 1. The van der Waals surface area contributed by atoms with Crippen LogP contribution in [0.3, 0.4) is 0 Å².